The number of amides is 1. The molecule has 1 heterocycles. The molecular formula is C23H28N4O5S. The van der Waals surface area contributed by atoms with Gasteiger partial charge in [0, 0.05) is 18.4 Å². The summed E-state index contributed by atoms with van der Waals surface area (Å²) < 4.78 is 23.5. The molecule has 0 aliphatic heterocycles. The number of benzene rings is 2. The quantitative estimate of drug-likeness (QED) is 0.423. The maximum absolute atomic E-state index is 12.5. The van der Waals surface area contributed by atoms with Crippen molar-refractivity contribution in [2.24, 2.45) is 0 Å². The average Bonchev–Trinajstić information content (AvgIpc) is 3.24. The van der Waals surface area contributed by atoms with Crippen LogP contribution in [0, 0.1) is 6.92 Å². The van der Waals surface area contributed by atoms with Crippen molar-refractivity contribution in [2.45, 2.75) is 18.6 Å². The van der Waals surface area contributed by atoms with Crippen LogP contribution >= 0.6 is 11.8 Å². The van der Waals surface area contributed by atoms with Crippen LogP contribution in [0.25, 0.3) is 11.4 Å². The number of aryl methyl sites for hydroxylation is 1. The third-order valence-corrected chi connectivity index (χ3v) is 5.88. The number of methoxy groups -OCH3 is 4. The molecule has 0 spiro atoms. The Morgan fingerprint density at radius 2 is 1.73 bits per heavy atom. The number of thioether (sulfide) groups is 1. The largest absolute Gasteiger partial charge is 0.493 e. The number of aromatic nitrogens is 3. The second-order valence-electron chi connectivity index (χ2n) is 7.02. The Morgan fingerprint density at radius 1 is 1.03 bits per heavy atom. The standard InChI is InChI=1S/C23H28N4O5S/c1-15-8-6-7-9-17(15)24-20(28)14-33-23-26-25-22(27(23)10-11-29-2)16-12-18(30-3)21(32-5)19(13-16)31-4/h6-9,12-13H,10-11,14H2,1-5H3,(H,24,28). The lowest BCUT2D eigenvalue weighted by Gasteiger charge is -2.15. The summed E-state index contributed by atoms with van der Waals surface area (Å²) in [6.45, 7) is 2.92. The molecule has 0 radical (unpaired) electrons. The maximum Gasteiger partial charge on any atom is 0.234 e. The number of hydrogen-bond donors (Lipinski definition) is 1. The van der Waals surface area contributed by atoms with Crippen molar-refractivity contribution in [1.82, 2.24) is 14.8 Å². The molecule has 0 bridgehead atoms. The minimum Gasteiger partial charge on any atom is -0.493 e. The normalized spacial score (nSPS) is 10.7. The van der Waals surface area contributed by atoms with Gasteiger partial charge in [0.05, 0.1) is 40.2 Å². The maximum atomic E-state index is 12.5. The van der Waals surface area contributed by atoms with E-state index in [1.807, 2.05) is 47.9 Å². The number of anilines is 1. The van der Waals surface area contributed by atoms with Crippen LogP contribution in [0.1, 0.15) is 5.56 Å². The third kappa shape index (κ3) is 5.77. The lowest BCUT2D eigenvalue weighted by atomic mass is 10.1. The zero-order chi connectivity index (χ0) is 23.8. The molecule has 9 nitrogen and oxygen atoms in total. The lowest BCUT2D eigenvalue weighted by Crippen LogP contribution is -2.15. The molecule has 0 saturated carbocycles. The van der Waals surface area contributed by atoms with Crippen LogP contribution in [-0.2, 0) is 16.1 Å². The van der Waals surface area contributed by atoms with E-state index in [-0.39, 0.29) is 11.7 Å². The van der Waals surface area contributed by atoms with Gasteiger partial charge in [-0.3, -0.25) is 9.36 Å². The highest BCUT2D eigenvalue weighted by atomic mass is 32.2. The highest BCUT2D eigenvalue weighted by molar-refractivity contribution is 7.99. The van der Waals surface area contributed by atoms with E-state index in [0.717, 1.165) is 16.8 Å². The van der Waals surface area contributed by atoms with E-state index in [1.165, 1.54) is 11.8 Å². The van der Waals surface area contributed by atoms with E-state index < -0.39 is 0 Å². The Kier molecular flexibility index (Phi) is 8.56. The van der Waals surface area contributed by atoms with Gasteiger partial charge in [0.1, 0.15) is 0 Å². The van der Waals surface area contributed by atoms with Gasteiger partial charge < -0.3 is 24.3 Å². The van der Waals surface area contributed by atoms with Crippen LogP contribution < -0.4 is 19.5 Å². The molecule has 0 saturated heterocycles. The molecule has 176 valence electrons. The van der Waals surface area contributed by atoms with Gasteiger partial charge in [0.25, 0.3) is 0 Å². The minimum absolute atomic E-state index is 0.120. The summed E-state index contributed by atoms with van der Waals surface area (Å²) >= 11 is 1.31. The predicted molar refractivity (Wildman–Crippen MR) is 128 cm³/mol. The first kappa shape index (κ1) is 24.4. The van der Waals surface area contributed by atoms with E-state index in [1.54, 1.807) is 28.4 Å². The Hall–Kier alpha value is -3.24. The van der Waals surface area contributed by atoms with Crippen LogP contribution in [0.5, 0.6) is 17.2 Å². The summed E-state index contributed by atoms with van der Waals surface area (Å²) in [7, 11) is 6.31. The van der Waals surface area contributed by atoms with E-state index >= 15 is 0 Å². The SMILES string of the molecule is COCCn1c(SCC(=O)Nc2ccccc2C)nnc1-c1cc(OC)c(OC)c(OC)c1. The van der Waals surface area contributed by atoms with Crippen molar-refractivity contribution >= 4 is 23.4 Å². The van der Waals surface area contributed by atoms with Crippen molar-refractivity contribution in [1.29, 1.82) is 0 Å². The number of para-hydroxylation sites is 1. The molecule has 0 fully saturated rings. The van der Waals surface area contributed by atoms with E-state index in [0.29, 0.717) is 41.4 Å². The molecule has 1 aromatic heterocycles. The summed E-state index contributed by atoms with van der Waals surface area (Å²) in [4.78, 5) is 12.5. The van der Waals surface area contributed by atoms with Gasteiger partial charge in [-0.25, -0.2) is 0 Å². The molecule has 33 heavy (non-hydrogen) atoms. The van der Waals surface area contributed by atoms with Crippen LogP contribution in [-0.4, -0.2) is 61.5 Å². The molecule has 0 aliphatic carbocycles. The monoisotopic (exact) mass is 472 g/mol. The molecule has 3 rings (SSSR count). The summed E-state index contributed by atoms with van der Waals surface area (Å²) in [5.41, 5.74) is 2.54. The van der Waals surface area contributed by atoms with Gasteiger partial charge in [0.15, 0.2) is 22.5 Å². The van der Waals surface area contributed by atoms with Crippen LogP contribution in [0.3, 0.4) is 0 Å². The first-order chi connectivity index (χ1) is 16.0. The van der Waals surface area contributed by atoms with Gasteiger partial charge in [-0.05, 0) is 30.7 Å². The average molecular weight is 473 g/mol. The smallest absolute Gasteiger partial charge is 0.234 e. The van der Waals surface area contributed by atoms with Gasteiger partial charge in [0.2, 0.25) is 11.7 Å². The number of rotatable bonds is 11. The Labute approximate surface area is 197 Å². The number of nitrogens with one attached hydrogen (secondary N) is 1. The van der Waals surface area contributed by atoms with Crippen LogP contribution in [0.4, 0.5) is 5.69 Å². The van der Waals surface area contributed by atoms with E-state index in [9.17, 15) is 4.79 Å². The first-order valence-electron chi connectivity index (χ1n) is 10.2. The number of carbonyl (C=O) groups is 1. The van der Waals surface area contributed by atoms with Crippen LogP contribution in [0.2, 0.25) is 0 Å². The fourth-order valence-electron chi connectivity index (χ4n) is 3.23. The van der Waals surface area contributed by atoms with Crippen molar-refractivity contribution in [3.63, 3.8) is 0 Å². The molecule has 1 amide bonds. The Morgan fingerprint density at radius 3 is 2.33 bits per heavy atom. The zero-order valence-corrected chi connectivity index (χ0v) is 20.2. The fourth-order valence-corrected chi connectivity index (χ4v) is 4.00. The number of carbonyl (C=O) groups excluding carboxylic acids is 1. The summed E-state index contributed by atoms with van der Waals surface area (Å²) in [6, 6.07) is 11.3. The van der Waals surface area contributed by atoms with Crippen molar-refractivity contribution in [2.75, 3.05) is 46.1 Å². The van der Waals surface area contributed by atoms with Crippen LogP contribution in [0.15, 0.2) is 41.6 Å². The first-order valence-corrected chi connectivity index (χ1v) is 11.2. The third-order valence-electron chi connectivity index (χ3n) is 4.91. The summed E-state index contributed by atoms with van der Waals surface area (Å²) in [5.74, 6) is 2.20. The predicted octanol–water partition coefficient (Wildman–Crippen LogP) is 3.66. The minimum atomic E-state index is -0.120. The number of ether oxygens (including phenoxy) is 4. The number of hydrogen-bond acceptors (Lipinski definition) is 8. The fraction of sp³-hybridized carbons (Fsp3) is 0.348. The molecule has 10 heteroatoms. The highest BCUT2D eigenvalue weighted by Crippen LogP contribution is 2.41. The Bertz CT molecular complexity index is 1080. The van der Waals surface area contributed by atoms with Gasteiger partial charge in [-0.2, -0.15) is 0 Å². The molecule has 0 atom stereocenters. The number of nitrogens with zero attached hydrogens (tertiary/aromatic N) is 3. The van der Waals surface area contributed by atoms with Gasteiger partial charge >= 0.3 is 0 Å². The van der Waals surface area contributed by atoms with Gasteiger partial charge in [-0.1, -0.05) is 30.0 Å². The van der Waals surface area contributed by atoms with Gasteiger partial charge in [-0.15, -0.1) is 10.2 Å². The van der Waals surface area contributed by atoms with Crippen molar-refractivity contribution in [3.05, 3.63) is 42.0 Å². The highest BCUT2D eigenvalue weighted by Gasteiger charge is 2.20. The zero-order valence-electron chi connectivity index (χ0n) is 19.4. The molecule has 1 N–H and O–H groups in total. The summed E-state index contributed by atoms with van der Waals surface area (Å²) in [6.07, 6.45) is 0. The molecule has 2 aromatic carbocycles. The molecule has 0 unspecified atom stereocenters. The second-order valence-corrected chi connectivity index (χ2v) is 7.96. The molecule has 0 aliphatic rings. The van der Waals surface area contributed by atoms with E-state index in [2.05, 4.69) is 15.5 Å². The second kappa shape index (κ2) is 11.6. The lowest BCUT2D eigenvalue weighted by molar-refractivity contribution is -0.113. The molecular weight excluding hydrogens is 444 g/mol. The van der Waals surface area contributed by atoms with Crippen molar-refractivity contribution < 1.29 is 23.7 Å². The van der Waals surface area contributed by atoms with Crippen molar-refractivity contribution in [3.8, 4) is 28.6 Å². The summed E-state index contributed by atoms with van der Waals surface area (Å²) in [5, 5.41) is 12.2. The Balaban J connectivity index is 1.86. The molecule has 3 aromatic rings. The topological polar surface area (TPSA) is 96.7 Å². The van der Waals surface area contributed by atoms with E-state index in [4.69, 9.17) is 18.9 Å².